The second-order valence-corrected chi connectivity index (χ2v) is 5.19. The molecule has 0 heterocycles. The third-order valence-corrected chi connectivity index (χ3v) is 3.28. The summed E-state index contributed by atoms with van der Waals surface area (Å²) in [5.74, 6) is -1.67. The zero-order valence-electron chi connectivity index (χ0n) is 11.2. The van der Waals surface area contributed by atoms with Gasteiger partial charge in [0.05, 0.1) is 16.9 Å². The van der Waals surface area contributed by atoms with Crippen LogP contribution >= 0.6 is 15.9 Å². The van der Waals surface area contributed by atoms with Gasteiger partial charge in [0, 0.05) is 11.0 Å². The molecule has 6 heteroatoms. The van der Waals surface area contributed by atoms with E-state index in [9.17, 15) is 13.6 Å². The molecule has 0 saturated heterocycles. The summed E-state index contributed by atoms with van der Waals surface area (Å²) >= 11 is 3.20. The molecule has 0 aliphatic heterocycles. The predicted molar refractivity (Wildman–Crippen MR) is 82.6 cm³/mol. The number of halogens is 3. The van der Waals surface area contributed by atoms with Crippen LogP contribution in [0, 0.1) is 11.6 Å². The highest BCUT2D eigenvalue weighted by molar-refractivity contribution is 9.10. The average molecular weight is 355 g/mol. The molecule has 0 radical (unpaired) electrons. The van der Waals surface area contributed by atoms with Crippen molar-refractivity contribution in [2.45, 2.75) is 6.92 Å². The summed E-state index contributed by atoms with van der Waals surface area (Å²) in [6, 6.07) is 8.37. The standard InChI is InChI=1S/C15H13BrF2N2O/c1-2-19-14-10(4-3-5-12(14)18)15(21)20-13-8-9(16)6-7-11(13)17/h3-8,19H,2H2,1H3,(H,20,21). The lowest BCUT2D eigenvalue weighted by Crippen LogP contribution is -2.16. The number of benzene rings is 2. The van der Waals surface area contributed by atoms with E-state index in [-0.39, 0.29) is 16.9 Å². The Morgan fingerprint density at radius 2 is 1.95 bits per heavy atom. The number of para-hydroxylation sites is 1. The van der Waals surface area contributed by atoms with Crippen LogP contribution in [0.5, 0.6) is 0 Å². The van der Waals surface area contributed by atoms with Gasteiger partial charge < -0.3 is 10.6 Å². The largest absolute Gasteiger partial charge is 0.382 e. The van der Waals surface area contributed by atoms with Crippen LogP contribution in [0.4, 0.5) is 20.2 Å². The van der Waals surface area contributed by atoms with Crippen molar-refractivity contribution >= 4 is 33.2 Å². The van der Waals surface area contributed by atoms with E-state index in [0.717, 1.165) is 0 Å². The predicted octanol–water partition coefficient (Wildman–Crippen LogP) is 4.41. The fraction of sp³-hybridized carbons (Fsp3) is 0.133. The normalized spacial score (nSPS) is 10.3. The molecular weight excluding hydrogens is 342 g/mol. The first-order valence-electron chi connectivity index (χ1n) is 6.31. The molecule has 0 unspecified atom stereocenters. The molecular formula is C15H13BrF2N2O. The summed E-state index contributed by atoms with van der Waals surface area (Å²) in [5, 5.41) is 5.24. The lowest BCUT2D eigenvalue weighted by Gasteiger charge is -2.12. The molecule has 2 aromatic carbocycles. The smallest absolute Gasteiger partial charge is 0.257 e. The van der Waals surface area contributed by atoms with Crippen molar-refractivity contribution in [3.05, 3.63) is 58.1 Å². The first-order chi connectivity index (χ1) is 10.0. The second kappa shape index (κ2) is 6.67. The highest BCUT2D eigenvalue weighted by Gasteiger charge is 2.16. The number of amides is 1. The SMILES string of the molecule is CCNc1c(F)cccc1C(=O)Nc1cc(Br)ccc1F. The number of hydrogen-bond acceptors (Lipinski definition) is 2. The zero-order valence-corrected chi connectivity index (χ0v) is 12.8. The Labute approximate surface area is 129 Å². The van der Waals surface area contributed by atoms with Gasteiger partial charge in [-0.05, 0) is 37.3 Å². The molecule has 2 aromatic rings. The van der Waals surface area contributed by atoms with Crippen LogP contribution in [0.15, 0.2) is 40.9 Å². The Morgan fingerprint density at radius 3 is 2.67 bits per heavy atom. The summed E-state index contributed by atoms with van der Waals surface area (Å²) in [6.07, 6.45) is 0. The average Bonchev–Trinajstić information content (AvgIpc) is 2.45. The van der Waals surface area contributed by atoms with Gasteiger partial charge in [0.1, 0.15) is 11.6 Å². The monoisotopic (exact) mass is 354 g/mol. The minimum absolute atomic E-state index is 0.0288. The maximum absolute atomic E-state index is 13.8. The van der Waals surface area contributed by atoms with Crippen LogP contribution in [-0.4, -0.2) is 12.5 Å². The van der Waals surface area contributed by atoms with Gasteiger partial charge in [0.15, 0.2) is 0 Å². The van der Waals surface area contributed by atoms with Gasteiger partial charge in [-0.2, -0.15) is 0 Å². The fourth-order valence-electron chi connectivity index (χ4n) is 1.85. The summed E-state index contributed by atoms with van der Waals surface area (Å²) in [5.41, 5.74) is 0.255. The maximum atomic E-state index is 13.8. The minimum atomic E-state index is -0.581. The first kappa shape index (κ1) is 15.4. The van der Waals surface area contributed by atoms with Gasteiger partial charge in [-0.3, -0.25) is 4.79 Å². The van der Waals surface area contributed by atoms with Gasteiger partial charge >= 0.3 is 0 Å². The molecule has 0 aliphatic rings. The lowest BCUT2D eigenvalue weighted by molar-refractivity contribution is 0.102. The Kier molecular flexibility index (Phi) is 4.90. The van der Waals surface area contributed by atoms with Crippen molar-refractivity contribution in [2.75, 3.05) is 17.2 Å². The lowest BCUT2D eigenvalue weighted by atomic mass is 10.1. The number of carbonyl (C=O) groups is 1. The number of nitrogens with one attached hydrogen (secondary N) is 2. The summed E-state index contributed by atoms with van der Waals surface area (Å²) in [6.45, 7) is 2.26. The van der Waals surface area contributed by atoms with Crippen LogP contribution in [0.2, 0.25) is 0 Å². The van der Waals surface area contributed by atoms with E-state index in [2.05, 4.69) is 26.6 Å². The van der Waals surface area contributed by atoms with Crippen LogP contribution in [0.3, 0.4) is 0 Å². The van der Waals surface area contributed by atoms with Crippen molar-refractivity contribution in [2.24, 2.45) is 0 Å². The Balaban J connectivity index is 2.32. The molecule has 2 rings (SSSR count). The van der Waals surface area contributed by atoms with Crippen molar-refractivity contribution in [1.29, 1.82) is 0 Å². The molecule has 0 spiro atoms. The first-order valence-corrected chi connectivity index (χ1v) is 7.11. The number of rotatable bonds is 4. The molecule has 0 aliphatic carbocycles. The van der Waals surface area contributed by atoms with E-state index in [4.69, 9.17) is 0 Å². The van der Waals surface area contributed by atoms with Gasteiger partial charge in [0.2, 0.25) is 0 Å². The highest BCUT2D eigenvalue weighted by atomic mass is 79.9. The van der Waals surface area contributed by atoms with E-state index in [1.807, 2.05) is 0 Å². The summed E-state index contributed by atoms with van der Waals surface area (Å²) < 4.78 is 28.0. The van der Waals surface area contributed by atoms with Gasteiger partial charge in [-0.1, -0.05) is 22.0 Å². The van der Waals surface area contributed by atoms with Crippen LogP contribution in [-0.2, 0) is 0 Å². The molecule has 0 aromatic heterocycles. The topological polar surface area (TPSA) is 41.1 Å². The molecule has 21 heavy (non-hydrogen) atoms. The molecule has 110 valence electrons. The number of carbonyl (C=O) groups excluding carboxylic acids is 1. The number of hydrogen-bond donors (Lipinski definition) is 2. The minimum Gasteiger partial charge on any atom is -0.382 e. The van der Waals surface area contributed by atoms with Crippen LogP contribution in [0.1, 0.15) is 17.3 Å². The molecule has 0 atom stereocenters. The van der Waals surface area contributed by atoms with E-state index in [1.54, 1.807) is 6.92 Å². The molecule has 0 bridgehead atoms. The zero-order chi connectivity index (χ0) is 15.4. The Bertz CT molecular complexity index is 677. The van der Waals surface area contributed by atoms with E-state index >= 15 is 0 Å². The van der Waals surface area contributed by atoms with Gasteiger partial charge in [0.25, 0.3) is 5.91 Å². The van der Waals surface area contributed by atoms with Crippen molar-refractivity contribution in [3.63, 3.8) is 0 Å². The van der Waals surface area contributed by atoms with E-state index in [1.165, 1.54) is 36.4 Å². The van der Waals surface area contributed by atoms with Crippen LogP contribution in [0.25, 0.3) is 0 Å². The molecule has 2 N–H and O–H groups in total. The van der Waals surface area contributed by atoms with Crippen molar-refractivity contribution in [1.82, 2.24) is 0 Å². The molecule has 3 nitrogen and oxygen atoms in total. The third-order valence-electron chi connectivity index (χ3n) is 2.79. The Hall–Kier alpha value is -1.95. The highest BCUT2D eigenvalue weighted by Crippen LogP contribution is 2.24. The van der Waals surface area contributed by atoms with E-state index < -0.39 is 17.5 Å². The van der Waals surface area contributed by atoms with Crippen LogP contribution < -0.4 is 10.6 Å². The quantitative estimate of drug-likeness (QED) is 0.853. The maximum Gasteiger partial charge on any atom is 0.257 e. The molecule has 0 fully saturated rings. The molecule has 1 amide bonds. The Morgan fingerprint density at radius 1 is 1.19 bits per heavy atom. The van der Waals surface area contributed by atoms with E-state index in [0.29, 0.717) is 11.0 Å². The number of anilines is 2. The molecule has 0 saturated carbocycles. The van der Waals surface area contributed by atoms with Crippen molar-refractivity contribution in [3.8, 4) is 0 Å². The second-order valence-electron chi connectivity index (χ2n) is 4.27. The van der Waals surface area contributed by atoms with Crippen molar-refractivity contribution < 1.29 is 13.6 Å². The third kappa shape index (κ3) is 3.58. The van der Waals surface area contributed by atoms with Gasteiger partial charge in [-0.15, -0.1) is 0 Å². The summed E-state index contributed by atoms with van der Waals surface area (Å²) in [7, 11) is 0. The fourth-order valence-corrected chi connectivity index (χ4v) is 2.21. The van der Waals surface area contributed by atoms with Gasteiger partial charge in [-0.25, -0.2) is 8.78 Å². The summed E-state index contributed by atoms with van der Waals surface area (Å²) in [4.78, 5) is 12.2.